The fourth-order valence-corrected chi connectivity index (χ4v) is 6.21. The van der Waals surface area contributed by atoms with Gasteiger partial charge in [0.15, 0.2) is 0 Å². The summed E-state index contributed by atoms with van der Waals surface area (Å²) in [4.78, 5) is 44.7. The molecule has 1 aromatic carbocycles. The Hall–Kier alpha value is -4.09. The highest BCUT2D eigenvalue weighted by molar-refractivity contribution is 7.14. The van der Waals surface area contributed by atoms with Crippen LogP contribution in [0.1, 0.15) is 60.3 Å². The molecule has 0 saturated carbocycles. The summed E-state index contributed by atoms with van der Waals surface area (Å²) in [5.41, 5.74) is 9.34. The predicted molar refractivity (Wildman–Crippen MR) is 178 cm³/mol. The van der Waals surface area contributed by atoms with Crippen molar-refractivity contribution in [3.8, 4) is 0 Å². The fraction of sp³-hybridized carbons (Fsp3) is 0.424. The van der Waals surface area contributed by atoms with E-state index in [0.717, 1.165) is 34.8 Å². The zero-order valence-corrected chi connectivity index (χ0v) is 27.3. The quantitative estimate of drug-likeness (QED) is 0.321. The third-order valence-electron chi connectivity index (χ3n) is 7.70. The van der Waals surface area contributed by atoms with Crippen molar-refractivity contribution < 1.29 is 19.1 Å². The molecule has 2 aliphatic heterocycles. The van der Waals surface area contributed by atoms with Gasteiger partial charge in [-0.1, -0.05) is 27.4 Å². The average Bonchev–Trinajstić information content (AvgIpc) is 3.39. The number of amides is 4. The highest BCUT2D eigenvalue weighted by Gasteiger charge is 2.42. The van der Waals surface area contributed by atoms with Gasteiger partial charge in [-0.05, 0) is 79.8 Å². The van der Waals surface area contributed by atoms with E-state index in [-0.39, 0.29) is 17.2 Å². The van der Waals surface area contributed by atoms with Gasteiger partial charge in [0.25, 0.3) is 5.91 Å². The van der Waals surface area contributed by atoms with Crippen molar-refractivity contribution in [2.45, 2.75) is 52.5 Å². The molecule has 4 amide bonds. The second-order valence-corrected chi connectivity index (χ2v) is 13.6. The number of ether oxygens (including phenoxy) is 1. The summed E-state index contributed by atoms with van der Waals surface area (Å²) in [7, 11) is 0. The number of piperazine rings is 1. The summed E-state index contributed by atoms with van der Waals surface area (Å²) in [6, 6.07) is 6.96. The molecule has 2 aliphatic rings. The van der Waals surface area contributed by atoms with Crippen LogP contribution in [-0.2, 0) is 14.9 Å². The van der Waals surface area contributed by atoms with Crippen LogP contribution < -0.4 is 21.7 Å². The van der Waals surface area contributed by atoms with E-state index in [1.54, 1.807) is 24.8 Å². The number of benzene rings is 1. The summed E-state index contributed by atoms with van der Waals surface area (Å²) in [5, 5.41) is 8.62. The number of hydrogen-bond acceptors (Lipinski definition) is 7. The maximum absolute atomic E-state index is 13.8. The Labute approximate surface area is 264 Å². The van der Waals surface area contributed by atoms with E-state index in [0.29, 0.717) is 48.3 Å². The normalized spacial score (nSPS) is 17.6. The highest BCUT2D eigenvalue weighted by atomic mass is 32.1. The van der Waals surface area contributed by atoms with E-state index in [4.69, 9.17) is 10.5 Å². The van der Waals surface area contributed by atoms with Crippen LogP contribution >= 0.6 is 11.3 Å². The maximum atomic E-state index is 13.8. The second kappa shape index (κ2) is 13.3. The summed E-state index contributed by atoms with van der Waals surface area (Å²) in [6.07, 6.45) is 5.58. The van der Waals surface area contributed by atoms with Gasteiger partial charge in [0, 0.05) is 48.1 Å². The molecule has 0 bridgehead atoms. The summed E-state index contributed by atoms with van der Waals surface area (Å²) >= 11 is 1.33. The molecular formula is C33H44N6O4S. The molecule has 11 heteroatoms. The number of nitrogens with zero attached hydrogens (tertiary/aromatic N) is 2. The number of urea groups is 1. The number of nitrogens with one attached hydrogen (secondary N) is 3. The van der Waals surface area contributed by atoms with Crippen LogP contribution in [0.25, 0.3) is 5.70 Å². The first kappa shape index (κ1) is 32.8. The van der Waals surface area contributed by atoms with Crippen LogP contribution in [0.2, 0.25) is 0 Å². The number of rotatable bonds is 7. The second-order valence-electron chi connectivity index (χ2n) is 12.6. The standard InChI is InChI=1S/C33H44N6O4S/c1-8-24(38-13-15-43-16-14-38)9-10-25(34)22-17-21(2)18-23(19-22)36-31(42)37-26-20-27(32(3,4)5)44-28(26)29(40)39-12-11-35-30(41)33(39,6)7/h8-10,17-20H,1,11-16,34H2,2-7H3,(H,35,41)(H2,36,37,42)/b24-9+,25-10-. The molecule has 44 heavy (non-hydrogen) atoms. The number of nitrogens with two attached hydrogens (primary N) is 1. The predicted octanol–water partition coefficient (Wildman–Crippen LogP) is 5.05. The van der Waals surface area contributed by atoms with E-state index in [1.165, 1.54) is 11.3 Å². The Bertz CT molecular complexity index is 1490. The molecule has 2 aromatic rings. The minimum atomic E-state index is -1.02. The Morgan fingerprint density at radius 3 is 2.45 bits per heavy atom. The molecule has 2 saturated heterocycles. The van der Waals surface area contributed by atoms with Gasteiger partial charge in [0.2, 0.25) is 5.91 Å². The van der Waals surface area contributed by atoms with Gasteiger partial charge in [-0.3, -0.25) is 9.59 Å². The molecule has 0 aliphatic carbocycles. The fourth-order valence-electron chi connectivity index (χ4n) is 5.09. The number of carbonyl (C=O) groups excluding carboxylic acids is 3. The first-order chi connectivity index (χ1) is 20.7. The minimum absolute atomic E-state index is 0.210. The van der Waals surface area contributed by atoms with Crippen molar-refractivity contribution in [1.29, 1.82) is 0 Å². The smallest absolute Gasteiger partial charge is 0.323 e. The van der Waals surface area contributed by atoms with Gasteiger partial charge in [0.05, 0.1) is 18.9 Å². The third kappa shape index (κ3) is 7.51. The van der Waals surface area contributed by atoms with Crippen LogP contribution in [0.15, 0.2) is 54.8 Å². The summed E-state index contributed by atoms with van der Waals surface area (Å²) < 4.78 is 5.44. The lowest BCUT2D eigenvalue weighted by molar-refractivity contribution is -0.133. The van der Waals surface area contributed by atoms with Crippen LogP contribution in [0, 0.1) is 6.92 Å². The summed E-state index contributed by atoms with van der Waals surface area (Å²) in [6.45, 7) is 19.1. The zero-order valence-electron chi connectivity index (χ0n) is 26.5. The Morgan fingerprint density at radius 2 is 1.80 bits per heavy atom. The van der Waals surface area contributed by atoms with Crippen molar-refractivity contribution >= 4 is 46.3 Å². The molecule has 0 atom stereocenters. The topological polar surface area (TPSA) is 129 Å². The van der Waals surface area contributed by atoms with E-state index in [2.05, 4.69) is 48.2 Å². The molecular weight excluding hydrogens is 576 g/mol. The molecule has 5 N–H and O–H groups in total. The van der Waals surface area contributed by atoms with E-state index < -0.39 is 11.6 Å². The number of carbonyl (C=O) groups is 3. The van der Waals surface area contributed by atoms with Crippen LogP contribution in [0.5, 0.6) is 0 Å². The number of thiophene rings is 1. The molecule has 2 fully saturated rings. The van der Waals surface area contributed by atoms with Gasteiger partial charge in [-0.15, -0.1) is 11.3 Å². The van der Waals surface area contributed by atoms with Crippen LogP contribution in [-0.4, -0.2) is 72.6 Å². The molecule has 0 radical (unpaired) electrons. The van der Waals surface area contributed by atoms with E-state index >= 15 is 0 Å². The first-order valence-electron chi connectivity index (χ1n) is 14.8. The summed E-state index contributed by atoms with van der Waals surface area (Å²) in [5.74, 6) is -0.502. The number of hydrogen-bond donors (Lipinski definition) is 4. The van der Waals surface area contributed by atoms with Gasteiger partial charge in [-0.2, -0.15) is 0 Å². The van der Waals surface area contributed by atoms with Crippen molar-refractivity contribution in [2.24, 2.45) is 5.73 Å². The largest absolute Gasteiger partial charge is 0.398 e. The van der Waals surface area contributed by atoms with E-state index in [1.807, 2.05) is 43.3 Å². The van der Waals surface area contributed by atoms with Crippen molar-refractivity contribution in [3.63, 3.8) is 0 Å². The number of anilines is 2. The van der Waals surface area contributed by atoms with Crippen molar-refractivity contribution in [3.05, 3.63) is 75.7 Å². The van der Waals surface area contributed by atoms with Gasteiger partial charge < -0.3 is 36.2 Å². The van der Waals surface area contributed by atoms with Crippen LogP contribution in [0.4, 0.5) is 16.2 Å². The highest BCUT2D eigenvalue weighted by Crippen LogP contribution is 2.37. The van der Waals surface area contributed by atoms with Gasteiger partial charge in [-0.25, -0.2) is 4.79 Å². The zero-order chi connectivity index (χ0) is 32.2. The third-order valence-corrected chi connectivity index (χ3v) is 9.25. The molecule has 0 unspecified atom stereocenters. The molecule has 4 rings (SSSR count). The minimum Gasteiger partial charge on any atom is -0.398 e. The lowest BCUT2D eigenvalue weighted by Gasteiger charge is -2.41. The average molecular weight is 621 g/mol. The van der Waals surface area contributed by atoms with Gasteiger partial charge in [0.1, 0.15) is 10.4 Å². The monoisotopic (exact) mass is 620 g/mol. The van der Waals surface area contributed by atoms with Gasteiger partial charge >= 0.3 is 6.03 Å². The number of morpholine rings is 1. The molecule has 10 nitrogen and oxygen atoms in total. The first-order valence-corrected chi connectivity index (χ1v) is 15.6. The van der Waals surface area contributed by atoms with Crippen molar-refractivity contribution in [2.75, 3.05) is 50.0 Å². The Balaban J connectivity index is 1.55. The molecule has 236 valence electrons. The van der Waals surface area contributed by atoms with Crippen molar-refractivity contribution in [1.82, 2.24) is 15.1 Å². The Kier molecular flexibility index (Phi) is 9.90. The lowest BCUT2D eigenvalue weighted by atomic mass is 9.94. The molecule has 0 spiro atoms. The van der Waals surface area contributed by atoms with Crippen LogP contribution in [0.3, 0.4) is 0 Å². The number of aryl methyl sites for hydroxylation is 1. The maximum Gasteiger partial charge on any atom is 0.323 e. The Morgan fingerprint density at radius 1 is 1.09 bits per heavy atom. The lowest BCUT2D eigenvalue weighted by Crippen LogP contribution is -2.63. The SMILES string of the molecule is C=C/C(=C\C=C(/N)c1cc(C)cc(NC(=O)Nc2cc(C(C)(C)C)sc2C(=O)N2CCNC(=O)C2(C)C)c1)N1CCOCC1. The van der Waals surface area contributed by atoms with E-state index in [9.17, 15) is 14.4 Å². The number of allylic oxidation sites excluding steroid dienone is 3. The molecule has 1 aromatic heterocycles. The molecule has 3 heterocycles.